The summed E-state index contributed by atoms with van der Waals surface area (Å²) in [5, 5.41) is 2.57. The van der Waals surface area contributed by atoms with Crippen molar-refractivity contribution in [2.45, 2.75) is 13.8 Å². The monoisotopic (exact) mass is 244 g/mol. The molecule has 0 aliphatic heterocycles. The lowest BCUT2D eigenvalue weighted by atomic mass is 10.1. The highest BCUT2D eigenvalue weighted by Gasteiger charge is 2.10. The lowest BCUT2D eigenvalue weighted by molar-refractivity contribution is 0.102. The van der Waals surface area contributed by atoms with Gasteiger partial charge in [-0.25, -0.2) is 4.98 Å². The average molecular weight is 244 g/mol. The van der Waals surface area contributed by atoms with E-state index in [1.165, 1.54) is 12.1 Å². The predicted octanol–water partition coefficient (Wildman–Crippen LogP) is 3.09. The third kappa shape index (κ3) is 2.71. The molecule has 0 radical (unpaired) electrons. The van der Waals surface area contributed by atoms with E-state index in [1.807, 2.05) is 26.0 Å². The molecule has 0 aliphatic carbocycles. The van der Waals surface area contributed by atoms with Gasteiger partial charge in [-0.2, -0.15) is 4.39 Å². The van der Waals surface area contributed by atoms with E-state index in [4.69, 9.17) is 0 Å². The minimum absolute atomic E-state index is 0.208. The first kappa shape index (κ1) is 12.2. The van der Waals surface area contributed by atoms with Crippen LogP contribution in [0.4, 0.5) is 10.2 Å². The van der Waals surface area contributed by atoms with Gasteiger partial charge >= 0.3 is 0 Å². The van der Waals surface area contributed by atoms with Gasteiger partial charge in [-0.3, -0.25) is 4.79 Å². The Labute approximate surface area is 105 Å². The SMILES string of the molecule is Cc1ccc(C(=O)Nc2cccc(F)n2)c(C)c1. The zero-order chi connectivity index (χ0) is 13.1. The van der Waals surface area contributed by atoms with Gasteiger partial charge in [-0.15, -0.1) is 0 Å². The van der Waals surface area contributed by atoms with Crippen molar-refractivity contribution in [1.82, 2.24) is 4.98 Å². The molecule has 1 heterocycles. The largest absolute Gasteiger partial charge is 0.306 e. The van der Waals surface area contributed by atoms with Gasteiger partial charge in [0.2, 0.25) is 5.95 Å². The lowest BCUT2D eigenvalue weighted by Gasteiger charge is -2.07. The Morgan fingerprint density at radius 2 is 2.00 bits per heavy atom. The van der Waals surface area contributed by atoms with Crippen molar-refractivity contribution in [2.24, 2.45) is 0 Å². The van der Waals surface area contributed by atoms with E-state index in [9.17, 15) is 9.18 Å². The van der Waals surface area contributed by atoms with E-state index in [0.717, 1.165) is 11.1 Å². The van der Waals surface area contributed by atoms with Crippen LogP contribution < -0.4 is 5.32 Å². The molecule has 0 saturated heterocycles. The molecule has 2 rings (SSSR count). The number of rotatable bonds is 2. The second-order valence-corrected chi connectivity index (χ2v) is 4.12. The van der Waals surface area contributed by atoms with Crippen LogP contribution in [0.15, 0.2) is 36.4 Å². The minimum Gasteiger partial charge on any atom is -0.306 e. The number of carbonyl (C=O) groups is 1. The molecule has 92 valence electrons. The fourth-order valence-electron chi connectivity index (χ4n) is 1.73. The van der Waals surface area contributed by atoms with Crippen molar-refractivity contribution < 1.29 is 9.18 Å². The summed E-state index contributed by atoms with van der Waals surface area (Å²) in [4.78, 5) is 15.6. The number of nitrogens with one attached hydrogen (secondary N) is 1. The van der Waals surface area contributed by atoms with Crippen molar-refractivity contribution in [1.29, 1.82) is 0 Å². The molecular formula is C14H13FN2O. The number of pyridine rings is 1. The quantitative estimate of drug-likeness (QED) is 0.825. The van der Waals surface area contributed by atoms with Gasteiger partial charge in [0.05, 0.1) is 0 Å². The van der Waals surface area contributed by atoms with Crippen LogP contribution in [0.3, 0.4) is 0 Å². The molecule has 4 heteroatoms. The van der Waals surface area contributed by atoms with Gasteiger partial charge in [-0.1, -0.05) is 23.8 Å². The number of aryl methyl sites for hydroxylation is 2. The van der Waals surface area contributed by atoms with Crippen molar-refractivity contribution >= 4 is 11.7 Å². The molecule has 2 aromatic rings. The molecular weight excluding hydrogens is 231 g/mol. The summed E-state index contributed by atoms with van der Waals surface area (Å²) in [6.07, 6.45) is 0. The Bertz CT molecular complexity index is 596. The first-order valence-electron chi connectivity index (χ1n) is 5.57. The predicted molar refractivity (Wildman–Crippen MR) is 68.1 cm³/mol. The van der Waals surface area contributed by atoms with E-state index in [0.29, 0.717) is 5.56 Å². The number of halogens is 1. The normalized spacial score (nSPS) is 10.2. The summed E-state index contributed by atoms with van der Waals surface area (Å²) in [7, 11) is 0. The van der Waals surface area contributed by atoms with Gasteiger partial charge in [0.15, 0.2) is 0 Å². The smallest absolute Gasteiger partial charge is 0.257 e. The Hall–Kier alpha value is -2.23. The molecule has 1 aromatic heterocycles. The summed E-state index contributed by atoms with van der Waals surface area (Å²) in [5.41, 5.74) is 2.53. The van der Waals surface area contributed by atoms with Crippen LogP contribution in [0, 0.1) is 19.8 Å². The van der Waals surface area contributed by atoms with E-state index in [-0.39, 0.29) is 11.7 Å². The summed E-state index contributed by atoms with van der Waals surface area (Å²) >= 11 is 0. The fraction of sp³-hybridized carbons (Fsp3) is 0.143. The van der Waals surface area contributed by atoms with E-state index in [2.05, 4.69) is 10.3 Å². The summed E-state index contributed by atoms with van der Waals surface area (Å²) in [6.45, 7) is 3.82. The minimum atomic E-state index is -0.617. The van der Waals surface area contributed by atoms with Crippen LogP contribution >= 0.6 is 0 Å². The van der Waals surface area contributed by atoms with Crippen molar-refractivity contribution in [3.8, 4) is 0 Å². The lowest BCUT2D eigenvalue weighted by Crippen LogP contribution is -2.14. The van der Waals surface area contributed by atoms with Gasteiger partial charge in [0, 0.05) is 5.56 Å². The van der Waals surface area contributed by atoms with Crippen LogP contribution in [0.2, 0.25) is 0 Å². The van der Waals surface area contributed by atoms with Gasteiger partial charge in [-0.05, 0) is 37.6 Å². The molecule has 18 heavy (non-hydrogen) atoms. The zero-order valence-electron chi connectivity index (χ0n) is 10.2. The Morgan fingerprint density at radius 3 is 2.67 bits per heavy atom. The number of hydrogen-bond donors (Lipinski definition) is 1. The fourth-order valence-corrected chi connectivity index (χ4v) is 1.73. The molecule has 0 fully saturated rings. The van der Waals surface area contributed by atoms with Crippen LogP contribution in [-0.4, -0.2) is 10.9 Å². The molecule has 1 N–H and O–H groups in total. The van der Waals surface area contributed by atoms with Crippen LogP contribution in [0.1, 0.15) is 21.5 Å². The number of hydrogen-bond acceptors (Lipinski definition) is 2. The third-order valence-electron chi connectivity index (χ3n) is 2.58. The average Bonchev–Trinajstić information content (AvgIpc) is 2.28. The molecule has 0 bridgehead atoms. The highest BCUT2D eigenvalue weighted by molar-refractivity contribution is 6.04. The Kier molecular flexibility index (Phi) is 3.37. The number of carbonyl (C=O) groups excluding carboxylic acids is 1. The highest BCUT2D eigenvalue weighted by Crippen LogP contribution is 2.13. The molecule has 3 nitrogen and oxygen atoms in total. The molecule has 0 spiro atoms. The Morgan fingerprint density at radius 1 is 1.22 bits per heavy atom. The second-order valence-electron chi connectivity index (χ2n) is 4.12. The van der Waals surface area contributed by atoms with E-state index in [1.54, 1.807) is 12.1 Å². The molecule has 0 saturated carbocycles. The maximum atomic E-state index is 12.9. The summed E-state index contributed by atoms with van der Waals surface area (Å²) < 4.78 is 12.9. The number of anilines is 1. The first-order chi connectivity index (χ1) is 8.56. The van der Waals surface area contributed by atoms with Crippen molar-refractivity contribution in [3.63, 3.8) is 0 Å². The van der Waals surface area contributed by atoms with Crippen LogP contribution in [0.5, 0.6) is 0 Å². The highest BCUT2D eigenvalue weighted by atomic mass is 19.1. The molecule has 0 unspecified atom stereocenters. The Balaban J connectivity index is 2.22. The molecule has 0 aliphatic rings. The van der Waals surface area contributed by atoms with Crippen LogP contribution in [0.25, 0.3) is 0 Å². The van der Waals surface area contributed by atoms with Crippen molar-refractivity contribution in [3.05, 3.63) is 59.0 Å². The van der Waals surface area contributed by atoms with Gasteiger partial charge in [0.25, 0.3) is 5.91 Å². The standard InChI is InChI=1S/C14H13FN2O/c1-9-6-7-11(10(2)8-9)14(18)17-13-5-3-4-12(15)16-13/h3-8H,1-2H3,(H,16,17,18). The number of nitrogens with zero attached hydrogens (tertiary/aromatic N) is 1. The molecule has 1 amide bonds. The van der Waals surface area contributed by atoms with Gasteiger partial charge < -0.3 is 5.32 Å². The topological polar surface area (TPSA) is 42.0 Å². The maximum absolute atomic E-state index is 12.9. The summed E-state index contributed by atoms with van der Waals surface area (Å²) in [6, 6.07) is 9.81. The van der Waals surface area contributed by atoms with Crippen LogP contribution in [-0.2, 0) is 0 Å². The first-order valence-corrected chi connectivity index (χ1v) is 5.57. The molecule has 1 aromatic carbocycles. The van der Waals surface area contributed by atoms with E-state index >= 15 is 0 Å². The van der Waals surface area contributed by atoms with Crippen molar-refractivity contribution in [2.75, 3.05) is 5.32 Å². The second kappa shape index (κ2) is 4.96. The van der Waals surface area contributed by atoms with E-state index < -0.39 is 5.95 Å². The summed E-state index contributed by atoms with van der Waals surface area (Å²) in [5.74, 6) is -0.695. The number of aromatic nitrogens is 1. The third-order valence-corrected chi connectivity index (χ3v) is 2.58. The van der Waals surface area contributed by atoms with Gasteiger partial charge in [0.1, 0.15) is 5.82 Å². The number of amides is 1. The molecule has 0 atom stereocenters. The zero-order valence-corrected chi connectivity index (χ0v) is 10.2. The number of benzene rings is 1. The maximum Gasteiger partial charge on any atom is 0.257 e.